The van der Waals surface area contributed by atoms with Gasteiger partial charge in [-0.25, -0.2) is 4.79 Å². The Labute approximate surface area is 88.2 Å². The molecule has 5 heteroatoms. The van der Waals surface area contributed by atoms with Crippen molar-refractivity contribution in [2.24, 2.45) is 0 Å². The van der Waals surface area contributed by atoms with E-state index in [4.69, 9.17) is 5.26 Å². The molecule has 0 saturated heterocycles. The molecule has 70 valence electrons. The van der Waals surface area contributed by atoms with Crippen LogP contribution in [0.1, 0.15) is 15.2 Å². The smallest absolute Gasteiger partial charge is 0.348 e. The van der Waals surface area contributed by atoms with Crippen LogP contribution < -0.4 is 0 Å². The molecule has 14 heavy (non-hydrogen) atoms. The minimum absolute atomic E-state index is 0.345. The Morgan fingerprint density at radius 1 is 1.64 bits per heavy atom. The number of esters is 1. The first kappa shape index (κ1) is 9.19. The molecule has 0 radical (unpaired) electrons. The maximum absolute atomic E-state index is 11.2. The van der Waals surface area contributed by atoms with E-state index in [1.54, 1.807) is 11.4 Å². The van der Waals surface area contributed by atoms with Crippen molar-refractivity contribution in [2.45, 2.75) is 0 Å². The highest BCUT2D eigenvalue weighted by atomic mass is 32.2. The lowest BCUT2D eigenvalue weighted by atomic mass is 10.2. The average Bonchev–Trinajstić information content (AvgIpc) is 2.74. The number of fused-ring (bicyclic) bond motifs is 1. The van der Waals surface area contributed by atoms with Crippen LogP contribution in [0, 0.1) is 11.3 Å². The quantitative estimate of drug-likeness (QED) is 0.698. The molecule has 2 rings (SSSR count). The maximum Gasteiger partial charge on any atom is 0.348 e. The summed E-state index contributed by atoms with van der Waals surface area (Å²) in [6, 6.07) is 3.79. The first-order valence-electron chi connectivity index (χ1n) is 3.75. The zero-order chi connectivity index (χ0) is 10.1. The summed E-state index contributed by atoms with van der Waals surface area (Å²) in [4.78, 5) is 11.7. The van der Waals surface area contributed by atoms with Crippen LogP contribution in [0.2, 0.25) is 0 Å². The van der Waals surface area contributed by atoms with Crippen molar-refractivity contribution in [3.63, 3.8) is 0 Å². The molecule has 0 amide bonds. The number of ether oxygens (including phenoxy) is 1. The average molecular weight is 223 g/mol. The molecule has 2 aromatic heterocycles. The van der Waals surface area contributed by atoms with E-state index < -0.39 is 0 Å². The second kappa shape index (κ2) is 3.40. The van der Waals surface area contributed by atoms with Gasteiger partial charge >= 0.3 is 5.97 Å². The van der Waals surface area contributed by atoms with Gasteiger partial charge in [0.25, 0.3) is 0 Å². The van der Waals surface area contributed by atoms with Gasteiger partial charge in [0, 0.05) is 10.8 Å². The second-order valence-corrected chi connectivity index (χ2v) is 4.75. The monoisotopic (exact) mass is 223 g/mol. The number of carbonyl (C=O) groups is 1. The molecule has 0 saturated carbocycles. The number of hydrogen-bond acceptors (Lipinski definition) is 5. The van der Waals surface area contributed by atoms with Gasteiger partial charge in [0.05, 0.1) is 16.7 Å². The molecule has 3 nitrogen and oxygen atoms in total. The number of hydrogen-bond donors (Lipinski definition) is 0. The molecule has 0 atom stereocenters. The van der Waals surface area contributed by atoms with E-state index in [1.807, 2.05) is 0 Å². The van der Waals surface area contributed by atoms with Crippen LogP contribution in [0.3, 0.4) is 0 Å². The lowest BCUT2D eigenvalue weighted by Crippen LogP contribution is -1.96. The van der Waals surface area contributed by atoms with Crippen molar-refractivity contribution < 1.29 is 9.53 Å². The molecular weight excluding hydrogens is 218 g/mol. The fraction of sp³-hybridized carbons (Fsp3) is 0.111. The van der Waals surface area contributed by atoms with Gasteiger partial charge < -0.3 is 4.74 Å². The summed E-state index contributed by atoms with van der Waals surface area (Å²) in [5, 5.41) is 11.4. The van der Waals surface area contributed by atoms with Gasteiger partial charge in [-0.2, -0.15) is 5.26 Å². The van der Waals surface area contributed by atoms with Crippen LogP contribution in [0.15, 0.2) is 11.4 Å². The number of nitriles is 1. The van der Waals surface area contributed by atoms with Crippen LogP contribution >= 0.6 is 22.7 Å². The molecule has 0 spiro atoms. The number of carbonyl (C=O) groups excluding carboxylic acids is 1. The van der Waals surface area contributed by atoms with Crippen molar-refractivity contribution in [3.8, 4) is 6.07 Å². The molecule has 0 aliphatic heterocycles. The van der Waals surface area contributed by atoms with Crippen molar-refractivity contribution in [2.75, 3.05) is 7.11 Å². The predicted octanol–water partition coefficient (Wildman–Crippen LogP) is 2.62. The van der Waals surface area contributed by atoms with E-state index in [-0.39, 0.29) is 5.97 Å². The third-order valence-electron chi connectivity index (χ3n) is 1.78. The van der Waals surface area contributed by atoms with Gasteiger partial charge in [0.15, 0.2) is 0 Å². The predicted molar refractivity (Wildman–Crippen MR) is 55.8 cm³/mol. The van der Waals surface area contributed by atoms with Crippen LogP contribution in [-0.2, 0) is 4.74 Å². The molecule has 0 aliphatic rings. The Balaban J connectivity index is 2.59. The summed E-state index contributed by atoms with van der Waals surface area (Å²) < 4.78 is 5.59. The Morgan fingerprint density at radius 3 is 3.07 bits per heavy atom. The summed E-state index contributed by atoms with van der Waals surface area (Å²) in [5.41, 5.74) is 0.622. The van der Waals surface area contributed by atoms with E-state index in [0.717, 1.165) is 9.40 Å². The molecule has 0 aliphatic carbocycles. The summed E-state index contributed by atoms with van der Waals surface area (Å²) in [7, 11) is 1.35. The van der Waals surface area contributed by atoms with Gasteiger partial charge in [-0.15, -0.1) is 22.7 Å². The van der Waals surface area contributed by atoms with E-state index in [9.17, 15) is 4.79 Å². The zero-order valence-electron chi connectivity index (χ0n) is 7.23. The molecule has 2 heterocycles. The SMILES string of the molecule is COC(=O)c1cc2c(C#N)csc2s1. The molecule has 2 aromatic rings. The Hall–Kier alpha value is -1.38. The van der Waals surface area contributed by atoms with Crippen LogP contribution in [0.5, 0.6) is 0 Å². The van der Waals surface area contributed by atoms with Crippen LogP contribution in [0.25, 0.3) is 9.40 Å². The minimum atomic E-state index is -0.345. The van der Waals surface area contributed by atoms with Crippen molar-refractivity contribution in [1.82, 2.24) is 0 Å². The second-order valence-electron chi connectivity index (χ2n) is 2.56. The fourth-order valence-corrected chi connectivity index (χ4v) is 3.24. The van der Waals surface area contributed by atoms with E-state index in [0.29, 0.717) is 10.4 Å². The largest absolute Gasteiger partial charge is 0.465 e. The third kappa shape index (κ3) is 1.29. The van der Waals surface area contributed by atoms with Crippen LogP contribution in [-0.4, -0.2) is 13.1 Å². The number of thiophene rings is 2. The molecule has 0 bridgehead atoms. The number of methoxy groups -OCH3 is 1. The van der Waals surface area contributed by atoms with Gasteiger partial charge in [0.1, 0.15) is 10.9 Å². The minimum Gasteiger partial charge on any atom is -0.465 e. The Bertz CT molecular complexity index is 532. The van der Waals surface area contributed by atoms with Crippen molar-refractivity contribution in [3.05, 3.63) is 21.9 Å². The van der Waals surface area contributed by atoms with Gasteiger partial charge in [0.2, 0.25) is 0 Å². The molecular formula is C9H5NO2S2. The highest BCUT2D eigenvalue weighted by molar-refractivity contribution is 7.38. The topological polar surface area (TPSA) is 50.1 Å². The van der Waals surface area contributed by atoms with Gasteiger partial charge in [-0.05, 0) is 6.07 Å². The van der Waals surface area contributed by atoms with E-state index in [2.05, 4.69) is 10.8 Å². The normalized spacial score (nSPS) is 10.0. The third-order valence-corrected chi connectivity index (χ3v) is 4.01. The molecule has 0 unspecified atom stereocenters. The highest BCUT2D eigenvalue weighted by Crippen LogP contribution is 2.33. The molecule has 0 fully saturated rings. The first-order valence-corrected chi connectivity index (χ1v) is 5.45. The molecule has 0 aromatic carbocycles. The van der Waals surface area contributed by atoms with Crippen molar-refractivity contribution >= 4 is 38.0 Å². The number of rotatable bonds is 1. The number of nitrogens with zero attached hydrogens (tertiary/aromatic N) is 1. The van der Waals surface area contributed by atoms with E-state index >= 15 is 0 Å². The first-order chi connectivity index (χ1) is 6.76. The summed E-state index contributed by atoms with van der Waals surface area (Å²) in [6.07, 6.45) is 0. The van der Waals surface area contributed by atoms with Crippen molar-refractivity contribution in [1.29, 1.82) is 5.26 Å². The van der Waals surface area contributed by atoms with Gasteiger partial charge in [-0.3, -0.25) is 0 Å². The molecule has 0 N–H and O–H groups in total. The Kier molecular flexibility index (Phi) is 2.23. The fourth-order valence-electron chi connectivity index (χ4n) is 1.11. The zero-order valence-corrected chi connectivity index (χ0v) is 8.87. The Morgan fingerprint density at radius 2 is 2.43 bits per heavy atom. The lowest BCUT2D eigenvalue weighted by molar-refractivity contribution is 0.0606. The maximum atomic E-state index is 11.2. The summed E-state index contributed by atoms with van der Waals surface area (Å²) in [6.45, 7) is 0. The van der Waals surface area contributed by atoms with Gasteiger partial charge in [-0.1, -0.05) is 0 Å². The van der Waals surface area contributed by atoms with E-state index in [1.165, 1.54) is 29.8 Å². The standard InChI is InChI=1S/C9H5NO2S2/c1-12-8(11)7-2-6-5(3-10)4-13-9(6)14-7/h2,4H,1H3. The summed E-state index contributed by atoms with van der Waals surface area (Å²) in [5.74, 6) is -0.345. The summed E-state index contributed by atoms with van der Waals surface area (Å²) >= 11 is 2.83. The van der Waals surface area contributed by atoms with Crippen LogP contribution in [0.4, 0.5) is 0 Å². The lowest BCUT2D eigenvalue weighted by Gasteiger charge is -1.90. The highest BCUT2D eigenvalue weighted by Gasteiger charge is 2.13.